The van der Waals surface area contributed by atoms with Crippen LogP contribution in [0.15, 0.2) is 0 Å². The van der Waals surface area contributed by atoms with Crippen molar-refractivity contribution in [1.29, 1.82) is 0 Å². The molecular weight excluding hydrogens is 288 g/mol. The zero-order valence-corrected chi connectivity index (χ0v) is 16.6. The van der Waals surface area contributed by atoms with Crippen molar-refractivity contribution in [2.75, 3.05) is 0 Å². The first-order valence-electron chi connectivity index (χ1n) is 8.99. The first-order valence-corrected chi connectivity index (χ1v) is 8.99. The van der Waals surface area contributed by atoms with Crippen LogP contribution in [0.1, 0.15) is 113 Å². The third-order valence-electron chi connectivity index (χ3n) is 3.99. The number of aliphatic carboxylic acids is 1. The Hall–Kier alpha value is 0.730. The van der Waals surface area contributed by atoms with Gasteiger partial charge in [0, 0.05) is 6.42 Å². The van der Waals surface area contributed by atoms with E-state index in [1.165, 1.54) is 83.5 Å². The summed E-state index contributed by atoms with van der Waals surface area (Å²) in [6.45, 7) is 2.27. The normalized spacial score (nSPS) is 10.3. The van der Waals surface area contributed by atoms with E-state index in [1.54, 1.807) is 0 Å². The quantitative estimate of drug-likeness (QED) is 0.272. The summed E-state index contributed by atoms with van der Waals surface area (Å²) < 4.78 is 0. The Morgan fingerprint density at radius 2 is 0.952 bits per heavy atom. The van der Waals surface area contributed by atoms with Gasteiger partial charge in [0.25, 0.3) is 0 Å². The fourth-order valence-electron chi connectivity index (χ4n) is 2.65. The van der Waals surface area contributed by atoms with Crippen LogP contribution in [0.5, 0.6) is 0 Å². The van der Waals surface area contributed by atoms with Gasteiger partial charge in [-0.15, -0.1) is 0 Å². The molecule has 0 amide bonds. The zero-order chi connectivity index (χ0) is 14.9. The van der Waals surface area contributed by atoms with Crippen molar-refractivity contribution in [3.05, 3.63) is 0 Å². The molecule has 0 aliphatic rings. The van der Waals surface area contributed by atoms with Gasteiger partial charge in [-0.2, -0.15) is 0 Å². The Labute approximate surface area is 165 Å². The van der Waals surface area contributed by atoms with E-state index in [0.29, 0.717) is 6.42 Å². The molecule has 3 heteroatoms. The molecule has 0 aliphatic heterocycles. The largest absolute Gasteiger partial charge is 2.00 e. The maximum Gasteiger partial charge on any atom is 2.00 e. The molecule has 0 aromatic heterocycles. The second kappa shape index (κ2) is 20.7. The third kappa shape index (κ3) is 23.1. The summed E-state index contributed by atoms with van der Waals surface area (Å²) in [6, 6.07) is 0. The van der Waals surface area contributed by atoms with Crippen molar-refractivity contribution in [1.82, 2.24) is 0 Å². The van der Waals surface area contributed by atoms with Gasteiger partial charge in [0.2, 0.25) is 0 Å². The van der Waals surface area contributed by atoms with E-state index in [9.17, 15) is 4.79 Å². The van der Waals surface area contributed by atoms with Crippen LogP contribution in [0.4, 0.5) is 0 Å². The molecular formula is C18H38CaO2. The molecule has 0 bridgehead atoms. The number of hydrogen-bond acceptors (Lipinski definition) is 1. The van der Waals surface area contributed by atoms with Gasteiger partial charge < -0.3 is 7.96 Å². The van der Waals surface area contributed by atoms with Crippen molar-refractivity contribution in [3.8, 4) is 0 Å². The van der Waals surface area contributed by atoms with Crippen LogP contribution in [-0.4, -0.2) is 48.8 Å². The van der Waals surface area contributed by atoms with Crippen LogP contribution in [0.25, 0.3) is 0 Å². The van der Waals surface area contributed by atoms with Gasteiger partial charge in [-0.25, -0.2) is 0 Å². The van der Waals surface area contributed by atoms with Crippen molar-refractivity contribution in [2.24, 2.45) is 0 Å². The second-order valence-corrected chi connectivity index (χ2v) is 6.09. The summed E-state index contributed by atoms with van der Waals surface area (Å²) in [7, 11) is 0. The Morgan fingerprint density at radius 1 is 0.667 bits per heavy atom. The molecule has 0 radical (unpaired) electrons. The van der Waals surface area contributed by atoms with E-state index in [2.05, 4.69) is 6.92 Å². The number of carboxylic acids is 1. The second-order valence-electron chi connectivity index (χ2n) is 6.09. The number of carbonyl (C=O) groups is 1. The van der Waals surface area contributed by atoms with Gasteiger partial charge in [-0.3, -0.25) is 4.79 Å². The topological polar surface area (TPSA) is 37.3 Å². The van der Waals surface area contributed by atoms with Crippen molar-refractivity contribution in [3.63, 3.8) is 0 Å². The molecule has 0 spiro atoms. The van der Waals surface area contributed by atoms with E-state index < -0.39 is 5.97 Å². The molecule has 0 aliphatic carbocycles. The Morgan fingerprint density at radius 3 is 1.24 bits per heavy atom. The summed E-state index contributed by atoms with van der Waals surface area (Å²) in [4.78, 5) is 10.3. The van der Waals surface area contributed by atoms with E-state index in [4.69, 9.17) is 5.11 Å². The molecule has 0 aromatic rings. The molecule has 0 unspecified atom stereocenters. The van der Waals surface area contributed by atoms with Gasteiger partial charge in [-0.05, 0) is 6.42 Å². The Balaban J connectivity index is -0.000000602. The number of unbranched alkanes of at least 4 members (excludes halogenated alkanes) is 14. The average molecular weight is 327 g/mol. The first-order chi connectivity index (χ1) is 9.77. The summed E-state index contributed by atoms with van der Waals surface area (Å²) >= 11 is 0. The third-order valence-corrected chi connectivity index (χ3v) is 3.99. The summed E-state index contributed by atoms with van der Waals surface area (Å²) in [5, 5.41) is 8.52. The SMILES string of the molecule is CCCCCCCCCCCCCCCCCC(=O)O.[Ca+2].[H-].[H-]. The smallest absolute Gasteiger partial charge is 1.00 e. The number of carboxylic acid groups (broad SMARTS) is 1. The molecule has 0 saturated carbocycles. The van der Waals surface area contributed by atoms with Crippen LogP contribution >= 0.6 is 0 Å². The predicted octanol–water partition coefficient (Wildman–Crippen LogP) is 6.18. The van der Waals surface area contributed by atoms with Crippen LogP contribution in [0.3, 0.4) is 0 Å². The Bertz CT molecular complexity index is 217. The maximum absolute atomic E-state index is 10.3. The Kier molecular flexibility index (Phi) is 23.7. The zero-order valence-electron chi connectivity index (χ0n) is 16.4. The monoisotopic (exact) mass is 326 g/mol. The minimum absolute atomic E-state index is 0. The molecule has 0 saturated heterocycles. The molecule has 21 heavy (non-hydrogen) atoms. The molecule has 124 valence electrons. The van der Waals surface area contributed by atoms with Gasteiger partial charge in [-0.1, -0.05) is 96.8 Å². The van der Waals surface area contributed by atoms with Crippen molar-refractivity contribution < 1.29 is 12.8 Å². The number of hydrogen-bond donors (Lipinski definition) is 1. The van der Waals surface area contributed by atoms with Gasteiger partial charge in [0.05, 0.1) is 0 Å². The fourth-order valence-corrected chi connectivity index (χ4v) is 2.65. The molecule has 1 N–H and O–H groups in total. The molecule has 0 fully saturated rings. The van der Waals surface area contributed by atoms with Gasteiger partial charge >= 0.3 is 43.7 Å². The van der Waals surface area contributed by atoms with Crippen LogP contribution in [0.2, 0.25) is 0 Å². The summed E-state index contributed by atoms with van der Waals surface area (Å²) in [5.74, 6) is -0.653. The molecule has 0 aromatic carbocycles. The summed E-state index contributed by atoms with van der Waals surface area (Å²) in [5.41, 5.74) is 0. The van der Waals surface area contributed by atoms with E-state index >= 15 is 0 Å². The van der Waals surface area contributed by atoms with Crippen molar-refractivity contribution in [2.45, 2.75) is 110 Å². The van der Waals surface area contributed by atoms with Crippen LogP contribution < -0.4 is 0 Å². The van der Waals surface area contributed by atoms with Gasteiger partial charge in [0.1, 0.15) is 0 Å². The average Bonchev–Trinajstić information content (AvgIpc) is 2.43. The summed E-state index contributed by atoms with van der Waals surface area (Å²) in [6.07, 6.45) is 20.2. The molecule has 2 nitrogen and oxygen atoms in total. The predicted molar refractivity (Wildman–Crippen MR) is 95.2 cm³/mol. The standard InChI is InChI=1S/C18H36O2.Ca.2H/c1-2-3-4-5-6-7-8-9-10-11-12-13-14-15-16-17-18(19)20;;;/h2-17H2,1H3,(H,19,20);;;/q;+2;2*-1. The van der Waals surface area contributed by atoms with Crippen LogP contribution in [-0.2, 0) is 4.79 Å². The number of rotatable bonds is 16. The van der Waals surface area contributed by atoms with E-state index in [-0.39, 0.29) is 40.6 Å². The van der Waals surface area contributed by atoms with E-state index in [1.807, 2.05) is 0 Å². The maximum atomic E-state index is 10.3. The molecule has 0 rings (SSSR count). The van der Waals surface area contributed by atoms with Crippen LogP contribution in [0, 0.1) is 0 Å². The van der Waals surface area contributed by atoms with E-state index in [0.717, 1.165) is 12.8 Å². The first kappa shape index (κ1) is 24.0. The minimum atomic E-state index is -0.653. The minimum Gasteiger partial charge on any atom is -1.00 e. The van der Waals surface area contributed by atoms with Gasteiger partial charge in [0.15, 0.2) is 0 Å². The fraction of sp³-hybridized carbons (Fsp3) is 0.944. The molecule has 0 heterocycles. The molecule has 0 atom stereocenters. The van der Waals surface area contributed by atoms with Crippen molar-refractivity contribution >= 4 is 43.7 Å².